The Kier molecular flexibility index (Phi) is 3.52. The van der Waals surface area contributed by atoms with Gasteiger partial charge in [0.15, 0.2) is 0 Å². The Bertz CT molecular complexity index is 518. The van der Waals surface area contributed by atoms with Gasteiger partial charge >= 0.3 is 0 Å². The third-order valence-electron chi connectivity index (χ3n) is 7.86. The number of aliphatic hydroxyl groups excluding tert-OH is 1. The van der Waals surface area contributed by atoms with E-state index in [0.717, 1.165) is 37.0 Å². The molecule has 2 nitrogen and oxygen atoms in total. The minimum absolute atomic E-state index is 0.155. The molecule has 0 bridgehead atoms. The van der Waals surface area contributed by atoms with Crippen LogP contribution in [0.3, 0.4) is 0 Å². The molecule has 0 aromatic carbocycles. The van der Waals surface area contributed by atoms with Crippen LogP contribution in [-0.4, -0.2) is 17.0 Å². The summed E-state index contributed by atoms with van der Waals surface area (Å²) in [6, 6.07) is 0. The molecule has 4 aliphatic carbocycles. The van der Waals surface area contributed by atoms with Crippen molar-refractivity contribution in [2.24, 2.45) is 29.1 Å². The van der Waals surface area contributed by atoms with Crippen LogP contribution in [0.1, 0.15) is 71.6 Å². The fraction of sp³-hybridized carbons (Fsp3) is 0.850. The van der Waals surface area contributed by atoms with Crippen molar-refractivity contribution in [3.63, 3.8) is 0 Å². The van der Waals surface area contributed by atoms with Crippen molar-refractivity contribution >= 4 is 5.78 Å². The lowest BCUT2D eigenvalue weighted by Crippen LogP contribution is -2.45. The fourth-order valence-corrected chi connectivity index (χ4v) is 6.88. The number of hydrogen-bond acceptors (Lipinski definition) is 2. The molecule has 6 atom stereocenters. The summed E-state index contributed by atoms with van der Waals surface area (Å²) in [4.78, 5) is 11.8. The molecule has 0 amide bonds. The van der Waals surface area contributed by atoms with Gasteiger partial charge in [-0.25, -0.2) is 0 Å². The highest BCUT2D eigenvalue weighted by Gasteiger charge is 2.55. The topological polar surface area (TPSA) is 37.3 Å². The molecule has 2 fully saturated rings. The van der Waals surface area contributed by atoms with Crippen LogP contribution >= 0.6 is 0 Å². The van der Waals surface area contributed by atoms with Crippen molar-refractivity contribution in [2.75, 3.05) is 0 Å². The van der Waals surface area contributed by atoms with Gasteiger partial charge in [-0.2, -0.15) is 0 Å². The second-order valence-electron chi connectivity index (χ2n) is 8.73. The minimum Gasteiger partial charge on any atom is -0.393 e. The maximum Gasteiger partial charge on any atom is 0.137 e. The number of Topliss-reactive ketones (excluding diaryl/α,β-unsaturated/α-hetero) is 1. The van der Waals surface area contributed by atoms with E-state index in [1.165, 1.54) is 44.1 Å². The minimum atomic E-state index is -0.155. The van der Waals surface area contributed by atoms with Crippen molar-refractivity contribution in [2.45, 2.75) is 77.7 Å². The van der Waals surface area contributed by atoms with Gasteiger partial charge in [-0.3, -0.25) is 4.79 Å². The van der Waals surface area contributed by atoms with E-state index in [4.69, 9.17) is 0 Å². The predicted molar refractivity (Wildman–Crippen MR) is 87.3 cm³/mol. The van der Waals surface area contributed by atoms with Crippen molar-refractivity contribution in [1.29, 1.82) is 0 Å². The van der Waals surface area contributed by atoms with Gasteiger partial charge in [0, 0.05) is 12.8 Å². The number of carbonyl (C=O) groups is 1. The Morgan fingerprint density at radius 3 is 2.73 bits per heavy atom. The van der Waals surface area contributed by atoms with Crippen LogP contribution in [0.15, 0.2) is 11.1 Å². The normalized spacial score (nSPS) is 46.0. The second-order valence-corrected chi connectivity index (χ2v) is 8.73. The van der Waals surface area contributed by atoms with Crippen LogP contribution < -0.4 is 0 Å². The Morgan fingerprint density at radius 2 is 1.95 bits per heavy atom. The number of carbonyl (C=O) groups excluding carboxylic acids is 1. The number of rotatable bonds is 1. The highest BCUT2D eigenvalue weighted by Crippen LogP contribution is 2.63. The molecule has 0 unspecified atom stereocenters. The zero-order valence-corrected chi connectivity index (χ0v) is 14.1. The first-order chi connectivity index (χ1) is 10.5. The zero-order chi connectivity index (χ0) is 15.5. The van der Waals surface area contributed by atoms with Gasteiger partial charge in [-0.1, -0.05) is 18.1 Å². The number of hydrogen-bond donors (Lipinski definition) is 1. The highest BCUT2D eigenvalue weighted by molar-refractivity contribution is 5.82. The number of aliphatic hydroxyl groups is 1. The molecule has 122 valence electrons. The molecule has 2 saturated carbocycles. The summed E-state index contributed by atoms with van der Waals surface area (Å²) < 4.78 is 0. The van der Waals surface area contributed by atoms with Crippen molar-refractivity contribution in [3.8, 4) is 0 Å². The molecule has 2 heteroatoms. The first-order valence-electron chi connectivity index (χ1n) is 9.41. The van der Waals surface area contributed by atoms with Crippen molar-refractivity contribution in [3.05, 3.63) is 11.1 Å². The summed E-state index contributed by atoms with van der Waals surface area (Å²) in [6.07, 6.45) is 10.0. The van der Waals surface area contributed by atoms with Gasteiger partial charge in [0.1, 0.15) is 5.78 Å². The summed E-state index contributed by atoms with van der Waals surface area (Å²) in [5.74, 6) is 3.37. The van der Waals surface area contributed by atoms with E-state index >= 15 is 0 Å². The smallest absolute Gasteiger partial charge is 0.137 e. The molecule has 0 heterocycles. The van der Waals surface area contributed by atoms with Gasteiger partial charge in [0.25, 0.3) is 0 Å². The number of allylic oxidation sites excluding steroid dienone is 2. The molecule has 4 rings (SSSR count). The van der Waals surface area contributed by atoms with Gasteiger partial charge in [-0.05, 0) is 81.0 Å². The zero-order valence-electron chi connectivity index (χ0n) is 14.1. The van der Waals surface area contributed by atoms with Crippen LogP contribution in [0.5, 0.6) is 0 Å². The van der Waals surface area contributed by atoms with Crippen molar-refractivity contribution < 1.29 is 9.90 Å². The van der Waals surface area contributed by atoms with Crippen LogP contribution in [0.2, 0.25) is 0 Å². The van der Waals surface area contributed by atoms with Gasteiger partial charge < -0.3 is 5.11 Å². The van der Waals surface area contributed by atoms with E-state index < -0.39 is 0 Å². The van der Waals surface area contributed by atoms with E-state index in [-0.39, 0.29) is 6.10 Å². The van der Waals surface area contributed by atoms with E-state index in [1.807, 2.05) is 6.92 Å². The molecule has 0 radical (unpaired) electrons. The molecule has 0 aromatic rings. The quantitative estimate of drug-likeness (QED) is 0.734. The Morgan fingerprint density at radius 1 is 1.14 bits per heavy atom. The summed E-state index contributed by atoms with van der Waals surface area (Å²) in [5.41, 5.74) is 3.57. The maximum atomic E-state index is 11.8. The molecule has 22 heavy (non-hydrogen) atoms. The number of fused-ring (bicyclic) bond motifs is 4. The Balaban J connectivity index is 1.62. The highest BCUT2D eigenvalue weighted by atomic mass is 16.3. The summed E-state index contributed by atoms with van der Waals surface area (Å²) in [7, 11) is 0. The number of ketones is 1. The van der Waals surface area contributed by atoms with Crippen LogP contribution in [-0.2, 0) is 4.79 Å². The molecule has 0 aromatic heterocycles. The van der Waals surface area contributed by atoms with E-state index in [1.54, 1.807) is 5.57 Å². The standard InChI is InChI=1S/C20H30O2/c1-12(21)18-7-8-19-17-5-3-13-11-14(22)4-6-15(13)16(17)9-10-20(18,19)2/h12,16-19,21H,3-11H2,1-2H3/t12-,16-,17-,18-,19-,20-/m1/s1. The van der Waals surface area contributed by atoms with Crippen LogP contribution in [0.25, 0.3) is 0 Å². The van der Waals surface area contributed by atoms with Gasteiger partial charge in [0.05, 0.1) is 6.10 Å². The molecule has 0 spiro atoms. The summed E-state index contributed by atoms with van der Waals surface area (Å²) >= 11 is 0. The predicted octanol–water partition coefficient (Wildman–Crippen LogP) is 4.27. The Labute approximate surface area is 134 Å². The average Bonchev–Trinajstić information content (AvgIpc) is 2.84. The van der Waals surface area contributed by atoms with E-state index in [2.05, 4.69) is 6.92 Å². The molecule has 0 saturated heterocycles. The second kappa shape index (κ2) is 5.19. The van der Waals surface area contributed by atoms with Gasteiger partial charge in [0.2, 0.25) is 0 Å². The largest absolute Gasteiger partial charge is 0.393 e. The third-order valence-corrected chi connectivity index (χ3v) is 7.86. The lowest BCUT2D eigenvalue weighted by molar-refractivity contribution is -0.119. The van der Waals surface area contributed by atoms with Crippen LogP contribution in [0.4, 0.5) is 0 Å². The maximum absolute atomic E-state index is 11.8. The van der Waals surface area contributed by atoms with E-state index in [9.17, 15) is 9.90 Å². The monoisotopic (exact) mass is 302 g/mol. The average molecular weight is 302 g/mol. The van der Waals surface area contributed by atoms with Crippen molar-refractivity contribution in [1.82, 2.24) is 0 Å². The molecular formula is C20H30O2. The third kappa shape index (κ3) is 2.06. The van der Waals surface area contributed by atoms with E-state index in [0.29, 0.717) is 17.1 Å². The molecule has 4 aliphatic rings. The molecule has 1 N–H and O–H groups in total. The summed E-state index contributed by atoms with van der Waals surface area (Å²) in [6.45, 7) is 4.46. The Hall–Kier alpha value is -0.630. The molecule has 0 aliphatic heterocycles. The lowest BCUT2D eigenvalue weighted by atomic mass is 9.53. The SMILES string of the molecule is C[C@@H](O)[C@H]1CC[C@@H]2[C@@H]3CCC4=C(CCC(=O)C4)[C@H]3CC[C@@]21C. The van der Waals surface area contributed by atoms with Gasteiger partial charge in [-0.15, -0.1) is 0 Å². The molecular weight excluding hydrogens is 272 g/mol. The first-order valence-corrected chi connectivity index (χ1v) is 9.41. The fourth-order valence-electron chi connectivity index (χ4n) is 6.88. The first kappa shape index (κ1) is 14.9. The lowest BCUT2D eigenvalue weighted by Gasteiger charge is -2.52. The van der Waals surface area contributed by atoms with Crippen LogP contribution in [0, 0.1) is 29.1 Å². The summed E-state index contributed by atoms with van der Waals surface area (Å²) in [5, 5.41) is 10.2.